The van der Waals surface area contributed by atoms with Crippen molar-refractivity contribution in [2.45, 2.75) is 6.18 Å². The van der Waals surface area contributed by atoms with Gasteiger partial charge in [-0.2, -0.15) is 13.2 Å². The molecule has 132 valence electrons. The van der Waals surface area contributed by atoms with Gasteiger partial charge < -0.3 is 14.8 Å². The van der Waals surface area contributed by atoms with Crippen molar-refractivity contribution in [3.05, 3.63) is 29.8 Å². The minimum atomic E-state index is -4.77. The van der Waals surface area contributed by atoms with E-state index in [0.29, 0.717) is 16.9 Å². The first-order valence-corrected chi connectivity index (χ1v) is 7.81. The van der Waals surface area contributed by atoms with Crippen LogP contribution in [0.15, 0.2) is 18.5 Å². The molecule has 4 rings (SSSR count). The number of benzene rings is 1. The summed E-state index contributed by atoms with van der Waals surface area (Å²) in [5, 5.41) is 0.183. The first kappa shape index (κ1) is 16.1. The van der Waals surface area contributed by atoms with E-state index in [1.165, 1.54) is 6.33 Å². The Bertz CT molecular complexity index is 941. The lowest BCUT2D eigenvalue weighted by atomic mass is 10.1. The number of anilines is 1. The molecule has 1 fully saturated rings. The van der Waals surface area contributed by atoms with Crippen LogP contribution < -0.4 is 4.90 Å². The molecule has 2 aromatic heterocycles. The van der Waals surface area contributed by atoms with Crippen molar-refractivity contribution in [3.63, 3.8) is 0 Å². The molecule has 5 nitrogen and oxygen atoms in total. The van der Waals surface area contributed by atoms with E-state index in [9.17, 15) is 17.6 Å². The van der Waals surface area contributed by atoms with E-state index in [1.807, 2.05) is 11.9 Å². The minimum absolute atomic E-state index is 0.166. The zero-order valence-corrected chi connectivity index (χ0v) is 13.4. The molecule has 1 aliphatic rings. The summed E-state index contributed by atoms with van der Waals surface area (Å²) >= 11 is 0. The second kappa shape index (κ2) is 5.55. The second-order valence-electron chi connectivity index (χ2n) is 6.20. The van der Waals surface area contributed by atoms with Gasteiger partial charge in [0.15, 0.2) is 5.82 Å². The van der Waals surface area contributed by atoms with Crippen molar-refractivity contribution < 1.29 is 17.6 Å². The number of hydrogen-bond acceptors (Lipinski definition) is 4. The standard InChI is InChI=1S/C16H15F4N5/c1-24-2-4-25(5-3-24)15-14-13(21-8-22-14)9-6-10(16(18,19)20)11(17)7-12(9)23-15/h6-8H,2-5H2,1H3,(H,21,22). The number of imidazole rings is 1. The largest absolute Gasteiger partial charge is 0.419 e. The topological polar surface area (TPSA) is 48.1 Å². The molecular weight excluding hydrogens is 338 g/mol. The Kier molecular flexibility index (Phi) is 3.57. The fourth-order valence-corrected chi connectivity index (χ4v) is 3.15. The number of alkyl halides is 3. The number of nitrogens with one attached hydrogen (secondary N) is 1. The van der Waals surface area contributed by atoms with Crippen LogP contribution in [0.5, 0.6) is 0 Å². The Morgan fingerprint density at radius 1 is 1.12 bits per heavy atom. The number of hydrogen-bond donors (Lipinski definition) is 1. The summed E-state index contributed by atoms with van der Waals surface area (Å²) < 4.78 is 53.0. The van der Waals surface area contributed by atoms with Gasteiger partial charge in [-0.3, -0.25) is 0 Å². The lowest BCUT2D eigenvalue weighted by molar-refractivity contribution is -0.139. The number of nitrogens with zero attached hydrogens (tertiary/aromatic N) is 4. The Morgan fingerprint density at radius 3 is 2.52 bits per heavy atom. The molecular formula is C16H15F4N5. The van der Waals surface area contributed by atoms with Crippen molar-refractivity contribution in [3.8, 4) is 0 Å². The maximum Gasteiger partial charge on any atom is 0.419 e. The van der Waals surface area contributed by atoms with Gasteiger partial charge in [-0.05, 0) is 13.1 Å². The molecule has 1 aliphatic heterocycles. The van der Waals surface area contributed by atoms with Gasteiger partial charge in [-0.15, -0.1) is 0 Å². The Hall–Kier alpha value is -2.42. The molecule has 0 unspecified atom stereocenters. The number of aromatic amines is 1. The van der Waals surface area contributed by atoms with E-state index in [2.05, 4.69) is 19.9 Å². The highest BCUT2D eigenvalue weighted by molar-refractivity contribution is 6.06. The quantitative estimate of drug-likeness (QED) is 0.683. The first-order valence-electron chi connectivity index (χ1n) is 7.81. The van der Waals surface area contributed by atoms with Gasteiger partial charge in [-0.1, -0.05) is 0 Å². The van der Waals surface area contributed by atoms with Crippen LogP contribution in [-0.2, 0) is 6.18 Å². The van der Waals surface area contributed by atoms with Crippen LogP contribution in [0.1, 0.15) is 5.56 Å². The van der Waals surface area contributed by atoms with Gasteiger partial charge in [0.1, 0.15) is 16.9 Å². The van der Waals surface area contributed by atoms with Gasteiger partial charge in [-0.25, -0.2) is 14.4 Å². The van der Waals surface area contributed by atoms with E-state index in [-0.39, 0.29) is 10.9 Å². The van der Waals surface area contributed by atoms with Crippen LogP contribution in [0.4, 0.5) is 23.4 Å². The summed E-state index contributed by atoms with van der Waals surface area (Å²) in [4.78, 5) is 15.8. The van der Waals surface area contributed by atoms with Gasteiger partial charge in [0.05, 0.1) is 17.4 Å². The molecule has 1 N–H and O–H groups in total. The first-order chi connectivity index (χ1) is 11.8. The number of fused-ring (bicyclic) bond motifs is 3. The zero-order valence-electron chi connectivity index (χ0n) is 13.4. The molecule has 0 radical (unpaired) electrons. The minimum Gasteiger partial charge on any atom is -0.352 e. The van der Waals surface area contributed by atoms with Crippen LogP contribution in [0.2, 0.25) is 0 Å². The molecule has 0 bridgehead atoms. The Balaban J connectivity index is 1.93. The number of halogens is 4. The third kappa shape index (κ3) is 2.68. The molecule has 25 heavy (non-hydrogen) atoms. The molecule has 1 saturated heterocycles. The summed E-state index contributed by atoms with van der Waals surface area (Å²) in [5.74, 6) is -0.737. The average molecular weight is 353 g/mol. The SMILES string of the molecule is CN1CCN(c2nc3cc(F)c(C(F)(F)F)cc3c3nc[nH]c23)CC1. The number of piperazine rings is 1. The lowest BCUT2D eigenvalue weighted by Crippen LogP contribution is -2.44. The van der Waals surface area contributed by atoms with Crippen LogP contribution in [0.25, 0.3) is 21.9 Å². The Morgan fingerprint density at radius 2 is 1.84 bits per heavy atom. The molecule has 0 amide bonds. The monoisotopic (exact) mass is 353 g/mol. The number of aromatic nitrogens is 3. The number of likely N-dealkylation sites (N-methyl/N-ethyl adjacent to an activating group) is 1. The summed E-state index contributed by atoms with van der Waals surface area (Å²) in [6.07, 6.45) is -3.35. The predicted molar refractivity (Wildman–Crippen MR) is 86.1 cm³/mol. The third-order valence-electron chi connectivity index (χ3n) is 4.54. The predicted octanol–water partition coefficient (Wildman–Crippen LogP) is 3.02. The second-order valence-corrected chi connectivity index (χ2v) is 6.20. The van der Waals surface area contributed by atoms with Crippen LogP contribution >= 0.6 is 0 Å². The van der Waals surface area contributed by atoms with Crippen LogP contribution in [0, 0.1) is 5.82 Å². The molecule has 0 atom stereocenters. The summed E-state index contributed by atoms with van der Waals surface area (Å²) in [6, 6.07) is 1.63. The number of H-pyrrole nitrogens is 1. The normalized spacial score (nSPS) is 16.9. The number of rotatable bonds is 1. The van der Waals surface area contributed by atoms with Crippen LogP contribution in [-0.4, -0.2) is 53.1 Å². The van der Waals surface area contributed by atoms with Crippen molar-refractivity contribution in [1.29, 1.82) is 0 Å². The molecule has 3 heterocycles. The molecule has 9 heteroatoms. The third-order valence-corrected chi connectivity index (χ3v) is 4.54. The smallest absolute Gasteiger partial charge is 0.352 e. The van der Waals surface area contributed by atoms with E-state index < -0.39 is 17.6 Å². The highest BCUT2D eigenvalue weighted by atomic mass is 19.4. The van der Waals surface area contributed by atoms with E-state index >= 15 is 0 Å². The maximum absolute atomic E-state index is 14.0. The summed E-state index contributed by atoms with van der Waals surface area (Å²) in [5.41, 5.74) is -0.210. The molecule has 0 aliphatic carbocycles. The maximum atomic E-state index is 14.0. The fourth-order valence-electron chi connectivity index (χ4n) is 3.15. The van der Waals surface area contributed by atoms with Gasteiger partial charge in [0, 0.05) is 37.6 Å². The summed E-state index contributed by atoms with van der Waals surface area (Å²) in [6.45, 7) is 3.14. The lowest BCUT2D eigenvalue weighted by Gasteiger charge is -2.33. The van der Waals surface area contributed by atoms with E-state index in [4.69, 9.17) is 0 Å². The fraction of sp³-hybridized carbons (Fsp3) is 0.375. The summed E-state index contributed by atoms with van der Waals surface area (Å²) in [7, 11) is 2.02. The van der Waals surface area contributed by atoms with Crippen molar-refractivity contribution in [1.82, 2.24) is 19.9 Å². The molecule has 0 saturated carbocycles. The van der Waals surface area contributed by atoms with E-state index in [1.54, 1.807) is 0 Å². The van der Waals surface area contributed by atoms with Crippen molar-refractivity contribution in [2.24, 2.45) is 0 Å². The van der Waals surface area contributed by atoms with Crippen LogP contribution in [0.3, 0.4) is 0 Å². The van der Waals surface area contributed by atoms with E-state index in [0.717, 1.165) is 38.3 Å². The molecule has 3 aromatic rings. The van der Waals surface area contributed by atoms with Crippen molar-refractivity contribution >= 4 is 27.8 Å². The highest BCUT2D eigenvalue weighted by Gasteiger charge is 2.35. The molecule has 0 spiro atoms. The molecule has 1 aromatic carbocycles. The zero-order chi connectivity index (χ0) is 17.8. The van der Waals surface area contributed by atoms with Crippen molar-refractivity contribution in [2.75, 3.05) is 38.1 Å². The van der Waals surface area contributed by atoms with Gasteiger partial charge in [0.2, 0.25) is 0 Å². The average Bonchev–Trinajstić information content (AvgIpc) is 3.03. The van der Waals surface area contributed by atoms with Gasteiger partial charge in [0.25, 0.3) is 0 Å². The highest BCUT2D eigenvalue weighted by Crippen LogP contribution is 2.36. The Labute approximate surface area is 140 Å². The number of pyridine rings is 1. The van der Waals surface area contributed by atoms with Gasteiger partial charge >= 0.3 is 6.18 Å².